The van der Waals surface area contributed by atoms with Crippen LogP contribution in [0, 0.1) is 10.1 Å². The highest BCUT2D eigenvalue weighted by Gasteiger charge is 2.19. The second kappa shape index (κ2) is 10.5. The van der Waals surface area contributed by atoms with Gasteiger partial charge in [-0.3, -0.25) is 19.7 Å². The van der Waals surface area contributed by atoms with Crippen molar-refractivity contribution in [3.05, 3.63) is 34.4 Å². The third kappa shape index (κ3) is 7.57. The Morgan fingerprint density at radius 3 is 2.35 bits per heavy atom. The number of nitrogens with zero attached hydrogens (tertiary/aromatic N) is 1. The second-order valence-electron chi connectivity index (χ2n) is 4.83. The number of carbonyl (C=O) groups is 2. The van der Waals surface area contributed by atoms with E-state index in [0.29, 0.717) is 18.7 Å². The summed E-state index contributed by atoms with van der Waals surface area (Å²) in [5.41, 5.74) is 5.79. The van der Waals surface area contributed by atoms with Gasteiger partial charge in [-0.05, 0) is 37.9 Å². The number of nitro groups is 1. The van der Waals surface area contributed by atoms with Crippen LogP contribution in [-0.2, 0) is 9.59 Å². The van der Waals surface area contributed by atoms with E-state index in [1.165, 1.54) is 31.2 Å². The van der Waals surface area contributed by atoms with Gasteiger partial charge in [-0.15, -0.1) is 12.4 Å². The van der Waals surface area contributed by atoms with Crippen molar-refractivity contribution in [2.24, 2.45) is 5.73 Å². The fourth-order valence-electron chi connectivity index (χ4n) is 1.90. The molecular formula is C14H21ClN4O4. The number of hydrogen-bond acceptors (Lipinski definition) is 5. The van der Waals surface area contributed by atoms with Gasteiger partial charge in [0.2, 0.25) is 11.8 Å². The molecule has 0 aliphatic carbocycles. The van der Waals surface area contributed by atoms with Crippen LogP contribution in [0.1, 0.15) is 26.2 Å². The molecule has 0 fully saturated rings. The van der Waals surface area contributed by atoms with Gasteiger partial charge >= 0.3 is 0 Å². The molecule has 0 saturated heterocycles. The van der Waals surface area contributed by atoms with Crippen molar-refractivity contribution in [2.75, 3.05) is 11.9 Å². The Labute approximate surface area is 140 Å². The SMILES string of the molecule is CC(=O)N[C@@H](CCCCN)C(=O)Nc1ccc([N+](=O)[O-])cc1.Cl. The maximum Gasteiger partial charge on any atom is 0.269 e. The number of nitrogens with two attached hydrogens (primary N) is 1. The van der Waals surface area contributed by atoms with Gasteiger partial charge in [0.15, 0.2) is 0 Å². The van der Waals surface area contributed by atoms with Gasteiger partial charge in [-0.2, -0.15) is 0 Å². The molecule has 1 aromatic rings. The fraction of sp³-hybridized carbons (Fsp3) is 0.429. The van der Waals surface area contributed by atoms with Crippen LogP contribution >= 0.6 is 12.4 Å². The van der Waals surface area contributed by atoms with Crippen molar-refractivity contribution in [3.63, 3.8) is 0 Å². The molecule has 0 bridgehead atoms. The number of nitro benzene ring substituents is 1. The lowest BCUT2D eigenvalue weighted by molar-refractivity contribution is -0.384. The third-order valence-electron chi connectivity index (χ3n) is 2.99. The topological polar surface area (TPSA) is 127 Å². The maximum atomic E-state index is 12.2. The van der Waals surface area contributed by atoms with Gasteiger partial charge in [0.25, 0.3) is 5.69 Å². The number of benzene rings is 1. The molecule has 1 rings (SSSR count). The predicted molar refractivity (Wildman–Crippen MR) is 89.5 cm³/mol. The molecule has 0 saturated carbocycles. The van der Waals surface area contributed by atoms with Gasteiger partial charge in [0.05, 0.1) is 4.92 Å². The van der Waals surface area contributed by atoms with E-state index in [4.69, 9.17) is 5.73 Å². The van der Waals surface area contributed by atoms with Gasteiger partial charge < -0.3 is 16.4 Å². The van der Waals surface area contributed by atoms with Crippen molar-refractivity contribution < 1.29 is 14.5 Å². The van der Waals surface area contributed by atoms with Crippen LogP contribution in [0.4, 0.5) is 11.4 Å². The number of non-ortho nitro benzene ring substituents is 1. The molecule has 23 heavy (non-hydrogen) atoms. The zero-order valence-corrected chi connectivity index (χ0v) is 13.6. The minimum atomic E-state index is -0.653. The summed E-state index contributed by atoms with van der Waals surface area (Å²) in [7, 11) is 0. The van der Waals surface area contributed by atoms with Crippen molar-refractivity contribution in [2.45, 2.75) is 32.2 Å². The van der Waals surface area contributed by atoms with Crippen LogP contribution in [0.2, 0.25) is 0 Å². The van der Waals surface area contributed by atoms with E-state index in [1.54, 1.807) is 0 Å². The molecule has 1 aromatic carbocycles. The number of rotatable bonds is 8. The highest BCUT2D eigenvalue weighted by molar-refractivity contribution is 5.96. The van der Waals surface area contributed by atoms with Gasteiger partial charge in [0, 0.05) is 24.7 Å². The molecule has 0 aromatic heterocycles. The van der Waals surface area contributed by atoms with Crippen LogP contribution in [0.15, 0.2) is 24.3 Å². The first-order valence-corrected chi connectivity index (χ1v) is 6.96. The molecule has 8 nitrogen and oxygen atoms in total. The van der Waals surface area contributed by atoms with Crippen molar-refractivity contribution in [3.8, 4) is 0 Å². The molecule has 0 unspecified atom stereocenters. The second-order valence-corrected chi connectivity index (χ2v) is 4.83. The van der Waals surface area contributed by atoms with E-state index in [9.17, 15) is 19.7 Å². The monoisotopic (exact) mass is 344 g/mol. The lowest BCUT2D eigenvalue weighted by atomic mass is 10.1. The third-order valence-corrected chi connectivity index (χ3v) is 2.99. The lowest BCUT2D eigenvalue weighted by Crippen LogP contribution is -2.42. The first-order valence-electron chi connectivity index (χ1n) is 6.96. The van der Waals surface area contributed by atoms with Gasteiger partial charge in [-0.25, -0.2) is 0 Å². The van der Waals surface area contributed by atoms with Crippen molar-refractivity contribution in [1.82, 2.24) is 5.32 Å². The van der Waals surface area contributed by atoms with Crippen LogP contribution in [0.25, 0.3) is 0 Å². The number of anilines is 1. The highest BCUT2D eigenvalue weighted by atomic mass is 35.5. The summed E-state index contributed by atoms with van der Waals surface area (Å²) < 4.78 is 0. The molecule has 0 aliphatic rings. The Morgan fingerprint density at radius 2 is 1.87 bits per heavy atom. The number of amides is 2. The van der Waals surface area contributed by atoms with E-state index >= 15 is 0 Å². The summed E-state index contributed by atoms with van der Waals surface area (Å²) in [6.45, 7) is 1.87. The van der Waals surface area contributed by atoms with E-state index in [-0.39, 0.29) is 29.9 Å². The maximum absolute atomic E-state index is 12.2. The Kier molecular flexibility index (Phi) is 9.52. The highest BCUT2D eigenvalue weighted by Crippen LogP contribution is 2.16. The predicted octanol–water partition coefficient (Wildman–Crippen LogP) is 1.59. The zero-order valence-electron chi connectivity index (χ0n) is 12.8. The first-order chi connectivity index (χ1) is 10.4. The Morgan fingerprint density at radius 1 is 1.26 bits per heavy atom. The van der Waals surface area contributed by atoms with Gasteiger partial charge in [-0.1, -0.05) is 0 Å². The fourth-order valence-corrected chi connectivity index (χ4v) is 1.90. The number of carbonyl (C=O) groups excluding carboxylic acids is 2. The lowest BCUT2D eigenvalue weighted by Gasteiger charge is -2.17. The summed E-state index contributed by atoms with van der Waals surface area (Å²) in [5.74, 6) is -0.655. The van der Waals surface area contributed by atoms with Crippen LogP contribution in [-0.4, -0.2) is 29.3 Å². The number of halogens is 1. The van der Waals surface area contributed by atoms with Crippen LogP contribution < -0.4 is 16.4 Å². The molecule has 0 heterocycles. The molecular weight excluding hydrogens is 324 g/mol. The molecule has 0 aliphatic heterocycles. The summed E-state index contributed by atoms with van der Waals surface area (Å²) in [6, 6.07) is 4.84. The van der Waals surface area contributed by atoms with E-state index in [2.05, 4.69) is 10.6 Å². The molecule has 4 N–H and O–H groups in total. The Bertz CT molecular complexity index is 536. The van der Waals surface area contributed by atoms with Crippen molar-refractivity contribution >= 4 is 35.6 Å². The Balaban J connectivity index is 0.00000484. The number of nitrogens with one attached hydrogen (secondary N) is 2. The van der Waals surface area contributed by atoms with E-state index < -0.39 is 11.0 Å². The standard InChI is InChI=1S/C14H20N4O4.ClH/c1-10(19)16-13(4-2-3-9-15)14(20)17-11-5-7-12(8-6-11)18(21)22;/h5-8,13H,2-4,9,15H2,1H3,(H,16,19)(H,17,20);1H/t13-;/m0./s1. The smallest absolute Gasteiger partial charge is 0.269 e. The minimum absolute atomic E-state index is 0. The first kappa shape index (κ1) is 20.8. The summed E-state index contributed by atoms with van der Waals surface area (Å²) in [5, 5.41) is 15.8. The Hall–Kier alpha value is -2.19. The minimum Gasteiger partial charge on any atom is -0.345 e. The van der Waals surface area contributed by atoms with Crippen molar-refractivity contribution in [1.29, 1.82) is 0 Å². The molecule has 0 spiro atoms. The molecule has 2 amide bonds. The van der Waals surface area contributed by atoms with E-state index in [0.717, 1.165) is 12.8 Å². The molecule has 1 atom stereocenters. The summed E-state index contributed by atoms with van der Waals surface area (Å²) in [6.07, 6.45) is 1.96. The van der Waals surface area contributed by atoms with Crippen LogP contribution in [0.3, 0.4) is 0 Å². The quantitative estimate of drug-likeness (QED) is 0.375. The number of unbranched alkanes of at least 4 members (excludes halogenated alkanes) is 1. The largest absolute Gasteiger partial charge is 0.345 e. The van der Waals surface area contributed by atoms with Gasteiger partial charge in [0.1, 0.15) is 6.04 Å². The summed E-state index contributed by atoms with van der Waals surface area (Å²) in [4.78, 5) is 33.4. The average molecular weight is 345 g/mol. The zero-order chi connectivity index (χ0) is 16.5. The number of hydrogen-bond donors (Lipinski definition) is 3. The van der Waals surface area contributed by atoms with E-state index in [1.807, 2.05) is 0 Å². The normalized spacial score (nSPS) is 11.0. The molecule has 0 radical (unpaired) electrons. The molecule has 128 valence electrons. The molecule has 9 heteroatoms. The summed E-state index contributed by atoms with van der Waals surface area (Å²) >= 11 is 0. The average Bonchev–Trinajstić information content (AvgIpc) is 2.46. The van der Waals surface area contributed by atoms with Crippen LogP contribution in [0.5, 0.6) is 0 Å².